The lowest BCUT2D eigenvalue weighted by atomic mass is 9.82. The molecule has 0 fully saturated rings. The third-order valence-electron chi connectivity index (χ3n) is 5.42. The molecule has 130 valence electrons. The molecule has 0 radical (unpaired) electrons. The molecule has 0 spiro atoms. The third kappa shape index (κ3) is 2.67. The molecular formula is C21H24ClN3. The first-order valence-electron chi connectivity index (χ1n) is 8.62. The summed E-state index contributed by atoms with van der Waals surface area (Å²) in [4.78, 5) is 0. The summed E-state index contributed by atoms with van der Waals surface area (Å²) in [5, 5.41) is 7.05. The van der Waals surface area contributed by atoms with Crippen LogP contribution in [0, 0.1) is 0 Å². The number of hydrazone groups is 1. The highest BCUT2D eigenvalue weighted by Gasteiger charge is 2.43. The maximum absolute atomic E-state index is 4.89. The molecule has 2 heterocycles. The first-order chi connectivity index (χ1) is 11.5. The second kappa shape index (κ2) is 6.30. The molecule has 2 aromatic rings. The second-order valence-electron chi connectivity index (χ2n) is 7.36. The second-order valence-corrected chi connectivity index (χ2v) is 7.36. The Morgan fingerprint density at radius 1 is 1.12 bits per heavy atom. The topological polar surface area (TPSA) is 18.6 Å². The molecule has 2 aliphatic heterocycles. The van der Waals surface area contributed by atoms with Crippen LogP contribution in [0.1, 0.15) is 31.9 Å². The van der Waals surface area contributed by atoms with E-state index < -0.39 is 0 Å². The van der Waals surface area contributed by atoms with Gasteiger partial charge in [-0.3, -0.25) is 5.01 Å². The Kier molecular flexibility index (Phi) is 4.46. The van der Waals surface area contributed by atoms with Crippen LogP contribution in [0.4, 0.5) is 11.4 Å². The molecule has 4 heteroatoms. The number of fused-ring (bicyclic) bond motifs is 2. The number of hydrogen-bond donors (Lipinski definition) is 0. The van der Waals surface area contributed by atoms with Crippen molar-refractivity contribution >= 4 is 23.3 Å². The third-order valence-corrected chi connectivity index (χ3v) is 5.42. The van der Waals surface area contributed by atoms with E-state index in [1.165, 1.54) is 28.2 Å². The molecule has 0 aliphatic carbocycles. The Bertz CT molecular complexity index is 867. The van der Waals surface area contributed by atoms with Gasteiger partial charge in [0.15, 0.2) is 0 Å². The predicted octanol–water partition coefficient (Wildman–Crippen LogP) is 1.13. The number of nitrogens with zero attached hydrogens (tertiary/aromatic N) is 3. The number of halogens is 1. The van der Waals surface area contributed by atoms with Crippen LogP contribution in [-0.4, -0.2) is 29.6 Å². The van der Waals surface area contributed by atoms with Crippen molar-refractivity contribution < 1.29 is 17.0 Å². The lowest BCUT2D eigenvalue weighted by Gasteiger charge is -2.19. The molecule has 2 aliphatic rings. The number of hydrogen-bond acceptors (Lipinski definition) is 2. The molecule has 0 amide bonds. The van der Waals surface area contributed by atoms with Crippen molar-refractivity contribution in [3.05, 3.63) is 59.7 Å². The van der Waals surface area contributed by atoms with Gasteiger partial charge in [-0.2, -0.15) is 9.68 Å². The summed E-state index contributed by atoms with van der Waals surface area (Å²) in [6.45, 7) is 6.79. The van der Waals surface area contributed by atoms with Crippen molar-refractivity contribution in [3.8, 4) is 0 Å². The molecule has 0 N–H and O–H groups in total. The molecule has 0 bridgehead atoms. The van der Waals surface area contributed by atoms with E-state index in [0.29, 0.717) is 6.04 Å². The van der Waals surface area contributed by atoms with Gasteiger partial charge >= 0.3 is 0 Å². The SMILES string of the molecule is CC1Cc2ccccc2N1/N=C/C1=[N+](C)c2ccccc2C1(C)C.[Cl-]. The zero-order chi connectivity index (χ0) is 16.9. The van der Waals surface area contributed by atoms with E-state index >= 15 is 0 Å². The van der Waals surface area contributed by atoms with E-state index in [-0.39, 0.29) is 17.8 Å². The monoisotopic (exact) mass is 353 g/mol. The van der Waals surface area contributed by atoms with Crippen molar-refractivity contribution in [1.82, 2.24) is 0 Å². The molecule has 0 saturated carbocycles. The number of para-hydroxylation sites is 2. The molecule has 25 heavy (non-hydrogen) atoms. The fraction of sp³-hybridized carbons (Fsp3) is 0.333. The Hall–Kier alpha value is -2.13. The average molecular weight is 354 g/mol. The van der Waals surface area contributed by atoms with Gasteiger partial charge in [-0.15, -0.1) is 0 Å². The lowest BCUT2D eigenvalue weighted by molar-refractivity contribution is -0.400. The van der Waals surface area contributed by atoms with Crippen molar-refractivity contribution in [1.29, 1.82) is 0 Å². The lowest BCUT2D eigenvalue weighted by Crippen LogP contribution is -3.00. The van der Waals surface area contributed by atoms with Gasteiger partial charge in [-0.25, -0.2) is 0 Å². The summed E-state index contributed by atoms with van der Waals surface area (Å²) >= 11 is 0. The zero-order valence-corrected chi connectivity index (χ0v) is 16.0. The van der Waals surface area contributed by atoms with Gasteiger partial charge < -0.3 is 12.4 Å². The zero-order valence-electron chi connectivity index (χ0n) is 15.2. The molecule has 0 aromatic heterocycles. The van der Waals surface area contributed by atoms with E-state index in [9.17, 15) is 0 Å². The van der Waals surface area contributed by atoms with Crippen LogP contribution in [0.2, 0.25) is 0 Å². The van der Waals surface area contributed by atoms with Crippen molar-refractivity contribution in [2.45, 2.75) is 38.6 Å². The van der Waals surface area contributed by atoms with Gasteiger partial charge in [0.25, 0.3) is 0 Å². The smallest absolute Gasteiger partial charge is 0.212 e. The predicted molar refractivity (Wildman–Crippen MR) is 101 cm³/mol. The van der Waals surface area contributed by atoms with Gasteiger partial charge in [0.1, 0.15) is 13.3 Å². The van der Waals surface area contributed by atoms with E-state index in [2.05, 4.69) is 92.1 Å². The number of rotatable bonds is 2. The molecule has 4 rings (SSSR count). The van der Waals surface area contributed by atoms with Crippen LogP contribution in [0.25, 0.3) is 0 Å². The molecular weight excluding hydrogens is 330 g/mol. The fourth-order valence-electron chi connectivity index (χ4n) is 4.07. The Labute approximate surface area is 156 Å². The minimum absolute atomic E-state index is 0. The molecule has 0 saturated heterocycles. The van der Waals surface area contributed by atoms with Gasteiger partial charge in [0, 0.05) is 11.6 Å². The summed E-state index contributed by atoms with van der Waals surface area (Å²) in [7, 11) is 2.14. The van der Waals surface area contributed by atoms with Crippen molar-refractivity contribution in [2.75, 3.05) is 12.1 Å². The number of benzene rings is 2. The van der Waals surface area contributed by atoms with E-state index in [1.807, 2.05) is 0 Å². The minimum atomic E-state index is -0.0304. The van der Waals surface area contributed by atoms with E-state index in [4.69, 9.17) is 5.10 Å². The summed E-state index contributed by atoms with van der Waals surface area (Å²) in [6.07, 6.45) is 3.11. The summed E-state index contributed by atoms with van der Waals surface area (Å²) in [5.41, 5.74) is 6.47. The molecule has 3 nitrogen and oxygen atoms in total. The van der Waals surface area contributed by atoms with Gasteiger partial charge in [-0.1, -0.05) is 36.4 Å². The van der Waals surface area contributed by atoms with Crippen LogP contribution in [0.15, 0.2) is 53.6 Å². The molecule has 1 atom stereocenters. The van der Waals surface area contributed by atoms with Crippen LogP contribution >= 0.6 is 0 Å². The maximum atomic E-state index is 4.89. The summed E-state index contributed by atoms with van der Waals surface area (Å²) in [5.74, 6) is 0. The minimum Gasteiger partial charge on any atom is -1.00 e. The van der Waals surface area contributed by atoms with Crippen LogP contribution in [0.5, 0.6) is 0 Å². The first-order valence-corrected chi connectivity index (χ1v) is 8.62. The maximum Gasteiger partial charge on any atom is 0.212 e. The number of anilines is 1. The van der Waals surface area contributed by atoms with Gasteiger partial charge in [0.2, 0.25) is 11.4 Å². The van der Waals surface area contributed by atoms with E-state index in [1.54, 1.807) is 0 Å². The highest BCUT2D eigenvalue weighted by atomic mass is 35.5. The van der Waals surface area contributed by atoms with Crippen molar-refractivity contribution in [3.63, 3.8) is 0 Å². The Morgan fingerprint density at radius 2 is 1.80 bits per heavy atom. The highest BCUT2D eigenvalue weighted by molar-refractivity contribution is 6.33. The molecule has 1 unspecified atom stereocenters. The summed E-state index contributed by atoms with van der Waals surface area (Å²) in [6, 6.07) is 17.6. The standard InChI is InChI=1S/C21H24N3.ClH/c1-15-13-16-9-5-7-11-18(16)24(15)22-14-20-21(2,3)17-10-6-8-12-19(17)23(20)4;/h5-12,14-15H,13H2,1-4H3;1H/q+1;/p-1. The first kappa shape index (κ1) is 17.7. The fourth-order valence-corrected chi connectivity index (χ4v) is 4.07. The average Bonchev–Trinajstić information content (AvgIpc) is 2.99. The Balaban J connectivity index is 0.00000182. The van der Waals surface area contributed by atoms with Crippen LogP contribution < -0.4 is 17.4 Å². The Morgan fingerprint density at radius 3 is 2.56 bits per heavy atom. The van der Waals surface area contributed by atoms with E-state index in [0.717, 1.165) is 6.42 Å². The van der Waals surface area contributed by atoms with Crippen LogP contribution in [-0.2, 0) is 11.8 Å². The summed E-state index contributed by atoms with van der Waals surface area (Å²) < 4.78 is 2.27. The van der Waals surface area contributed by atoms with Gasteiger partial charge in [-0.05, 0) is 38.8 Å². The van der Waals surface area contributed by atoms with Gasteiger partial charge in [0.05, 0.1) is 17.1 Å². The highest BCUT2D eigenvalue weighted by Crippen LogP contribution is 2.38. The quantitative estimate of drug-likeness (QED) is 0.585. The largest absolute Gasteiger partial charge is 1.00 e. The van der Waals surface area contributed by atoms with Crippen molar-refractivity contribution in [2.24, 2.45) is 5.10 Å². The molecule has 2 aromatic carbocycles. The van der Waals surface area contributed by atoms with Crippen LogP contribution in [0.3, 0.4) is 0 Å². The normalized spacial score (nSPS) is 20.6.